The molecule has 2 aromatic rings. The summed E-state index contributed by atoms with van der Waals surface area (Å²) in [4.78, 5) is 0. The molecule has 0 amide bonds. The Kier molecular flexibility index (Phi) is 0.993. The summed E-state index contributed by atoms with van der Waals surface area (Å²) in [5, 5.41) is 4.11. The molecule has 9 heavy (non-hydrogen) atoms. The number of nitrogens with zero attached hydrogens (tertiary/aromatic N) is 1. The molecular formula is C7H3NS. The summed E-state index contributed by atoms with van der Waals surface area (Å²) in [6.45, 7) is 0. The smallest absolute Gasteiger partial charge is 0.0853 e. The van der Waals surface area contributed by atoms with Crippen LogP contribution in [0.1, 0.15) is 0 Å². The van der Waals surface area contributed by atoms with Crippen molar-refractivity contribution in [2.75, 3.05) is 0 Å². The van der Waals surface area contributed by atoms with Crippen LogP contribution in [0.5, 0.6) is 0 Å². The van der Waals surface area contributed by atoms with Crippen LogP contribution in [-0.2, 0) is 0 Å². The van der Waals surface area contributed by atoms with Crippen molar-refractivity contribution in [3.63, 3.8) is 0 Å². The first kappa shape index (κ1) is 4.94. The Balaban J connectivity index is 2.95. The molecule has 2 heteroatoms. The first-order valence-electron chi connectivity index (χ1n) is 2.60. The van der Waals surface area contributed by atoms with E-state index in [1.165, 1.54) is 11.5 Å². The molecule has 0 saturated carbocycles. The molecule has 0 atom stereocenters. The molecule has 0 aliphatic rings. The molecule has 0 aliphatic carbocycles. The highest BCUT2D eigenvalue weighted by molar-refractivity contribution is 7.04. The van der Waals surface area contributed by atoms with Gasteiger partial charge in [-0.3, -0.25) is 0 Å². The maximum Gasteiger partial charge on any atom is 0.0853 e. The third-order valence-electron chi connectivity index (χ3n) is 1.14. The van der Waals surface area contributed by atoms with Crippen molar-refractivity contribution in [1.82, 2.24) is 4.37 Å². The van der Waals surface area contributed by atoms with Gasteiger partial charge in [-0.2, -0.15) is 4.37 Å². The van der Waals surface area contributed by atoms with E-state index in [-0.39, 0.29) is 0 Å². The van der Waals surface area contributed by atoms with E-state index in [0.29, 0.717) is 0 Å². The first-order chi connectivity index (χ1) is 4.47. The molecule has 2 radical (unpaired) electrons. The maximum absolute atomic E-state index is 4.07. The number of hydrogen-bond donors (Lipinski definition) is 0. The molecule has 0 spiro atoms. The molecule has 0 N–H and O–H groups in total. The molecule has 2 rings (SSSR count). The van der Waals surface area contributed by atoms with Gasteiger partial charge in [-0.05, 0) is 23.7 Å². The van der Waals surface area contributed by atoms with Crippen LogP contribution < -0.4 is 0 Å². The molecule has 0 saturated heterocycles. The third-order valence-corrected chi connectivity index (χ3v) is 1.74. The van der Waals surface area contributed by atoms with E-state index in [0.717, 1.165) is 10.9 Å². The Bertz CT molecular complexity index is 283. The van der Waals surface area contributed by atoms with Crippen molar-refractivity contribution >= 4 is 22.4 Å². The topological polar surface area (TPSA) is 12.9 Å². The van der Waals surface area contributed by atoms with E-state index >= 15 is 0 Å². The highest BCUT2D eigenvalue weighted by Gasteiger charge is 1.90. The van der Waals surface area contributed by atoms with E-state index in [2.05, 4.69) is 15.8 Å². The lowest BCUT2D eigenvalue weighted by Gasteiger charge is -1.79. The second-order valence-electron chi connectivity index (χ2n) is 1.73. The Morgan fingerprint density at radius 2 is 2.56 bits per heavy atom. The second kappa shape index (κ2) is 1.81. The zero-order valence-electron chi connectivity index (χ0n) is 4.59. The predicted molar refractivity (Wildman–Crippen MR) is 37.3 cm³/mol. The summed E-state index contributed by atoms with van der Waals surface area (Å²) in [7, 11) is 0. The Labute approximate surface area is 57.1 Å². The monoisotopic (exact) mass is 133 g/mol. The minimum atomic E-state index is 0.988. The van der Waals surface area contributed by atoms with E-state index in [1.54, 1.807) is 0 Å². The molecule has 1 aromatic heterocycles. The van der Waals surface area contributed by atoms with Crippen molar-refractivity contribution in [3.8, 4) is 0 Å². The highest BCUT2D eigenvalue weighted by atomic mass is 32.1. The molecule has 1 nitrogen and oxygen atoms in total. The maximum atomic E-state index is 4.07. The zero-order valence-corrected chi connectivity index (χ0v) is 5.40. The number of benzene rings is 1. The lowest BCUT2D eigenvalue weighted by atomic mass is 10.3. The second-order valence-corrected chi connectivity index (χ2v) is 2.30. The molecular weight excluding hydrogens is 130 g/mol. The molecule has 1 aromatic carbocycles. The highest BCUT2D eigenvalue weighted by Crippen LogP contribution is 2.11. The summed E-state index contributed by atoms with van der Waals surface area (Å²) in [5.41, 5.74) is 0.988. The predicted octanol–water partition coefficient (Wildman–Crippen LogP) is 1.90. The number of rotatable bonds is 0. The van der Waals surface area contributed by atoms with Crippen molar-refractivity contribution in [1.29, 1.82) is 0 Å². The van der Waals surface area contributed by atoms with Gasteiger partial charge in [-0.25, -0.2) is 0 Å². The van der Waals surface area contributed by atoms with Crippen LogP contribution in [0.4, 0.5) is 0 Å². The van der Waals surface area contributed by atoms with Gasteiger partial charge in [0.1, 0.15) is 0 Å². The van der Waals surface area contributed by atoms with Crippen molar-refractivity contribution in [2.24, 2.45) is 0 Å². The van der Waals surface area contributed by atoms with E-state index in [4.69, 9.17) is 0 Å². The number of hydrogen-bond acceptors (Lipinski definition) is 2. The molecule has 1 heterocycles. The van der Waals surface area contributed by atoms with E-state index in [9.17, 15) is 0 Å². The van der Waals surface area contributed by atoms with Gasteiger partial charge < -0.3 is 0 Å². The van der Waals surface area contributed by atoms with Gasteiger partial charge in [-0.1, -0.05) is 12.1 Å². The van der Waals surface area contributed by atoms with Gasteiger partial charge in [0.05, 0.1) is 10.9 Å². The third kappa shape index (κ3) is 0.715. The molecule has 0 aliphatic heterocycles. The summed E-state index contributed by atoms with van der Waals surface area (Å²) in [5.74, 6) is 0. The van der Waals surface area contributed by atoms with Crippen molar-refractivity contribution in [3.05, 3.63) is 29.6 Å². The largest absolute Gasteiger partial charge is 0.192 e. The van der Waals surface area contributed by atoms with E-state index in [1.807, 2.05) is 18.2 Å². The van der Waals surface area contributed by atoms with Gasteiger partial charge in [0.15, 0.2) is 0 Å². The van der Waals surface area contributed by atoms with Gasteiger partial charge in [0.25, 0.3) is 0 Å². The minimum absolute atomic E-state index is 0.988. The SMILES string of the molecule is [c]1ccc2[c]snc2c1. The van der Waals surface area contributed by atoms with Crippen molar-refractivity contribution in [2.45, 2.75) is 0 Å². The van der Waals surface area contributed by atoms with Crippen LogP contribution in [0.2, 0.25) is 0 Å². The van der Waals surface area contributed by atoms with Crippen LogP contribution in [0.25, 0.3) is 10.9 Å². The quantitative estimate of drug-likeness (QED) is 0.534. The molecule has 0 fully saturated rings. The fraction of sp³-hybridized carbons (Fsp3) is 0. The van der Waals surface area contributed by atoms with Crippen LogP contribution in [0.3, 0.4) is 0 Å². The van der Waals surface area contributed by atoms with Gasteiger partial charge in [0, 0.05) is 5.39 Å². The standard InChI is InChI=1S/C7H3NS/c1-2-4-7-6(3-1)5-9-8-7/h1,3-4H. The average molecular weight is 133 g/mol. The lowest BCUT2D eigenvalue weighted by Crippen LogP contribution is -1.62. The summed E-state index contributed by atoms with van der Waals surface area (Å²) in [6, 6.07) is 8.63. The van der Waals surface area contributed by atoms with E-state index < -0.39 is 0 Å². The molecule has 42 valence electrons. The average Bonchev–Trinajstić information content (AvgIpc) is 2.33. The number of aromatic nitrogens is 1. The van der Waals surface area contributed by atoms with Gasteiger partial charge >= 0.3 is 0 Å². The Morgan fingerprint density at radius 1 is 1.56 bits per heavy atom. The zero-order chi connectivity index (χ0) is 6.10. The van der Waals surface area contributed by atoms with Gasteiger partial charge in [-0.15, -0.1) is 0 Å². The summed E-state index contributed by atoms with van der Waals surface area (Å²) < 4.78 is 4.07. The Hall–Kier alpha value is -0.890. The minimum Gasteiger partial charge on any atom is -0.192 e. The van der Waals surface area contributed by atoms with Crippen LogP contribution >= 0.6 is 11.5 Å². The Morgan fingerprint density at radius 3 is 3.44 bits per heavy atom. The fourth-order valence-corrected chi connectivity index (χ4v) is 1.27. The normalized spacial score (nSPS) is 10.2. The van der Waals surface area contributed by atoms with Crippen LogP contribution in [0.15, 0.2) is 18.2 Å². The number of fused-ring (bicyclic) bond motifs is 1. The fourth-order valence-electron chi connectivity index (χ4n) is 0.705. The van der Waals surface area contributed by atoms with Crippen LogP contribution in [0, 0.1) is 11.4 Å². The first-order valence-corrected chi connectivity index (χ1v) is 3.37. The van der Waals surface area contributed by atoms with Crippen molar-refractivity contribution < 1.29 is 0 Å². The summed E-state index contributed by atoms with van der Waals surface area (Å²) >= 11 is 1.36. The molecule has 0 unspecified atom stereocenters. The van der Waals surface area contributed by atoms with Crippen LogP contribution in [-0.4, -0.2) is 4.37 Å². The molecule has 0 bridgehead atoms. The summed E-state index contributed by atoms with van der Waals surface area (Å²) in [6.07, 6.45) is 0. The lowest BCUT2D eigenvalue weighted by molar-refractivity contribution is 1.66. The van der Waals surface area contributed by atoms with Gasteiger partial charge in [0.2, 0.25) is 0 Å².